The van der Waals surface area contributed by atoms with E-state index in [0.717, 1.165) is 20.2 Å². The summed E-state index contributed by atoms with van der Waals surface area (Å²) in [7, 11) is 1.70. The molecule has 0 saturated carbocycles. The van der Waals surface area contributed by atoms with E-state index in [1.54, 1.807) is 7.11 Å². The van der Waals surface area contributed by atoms with Gasteiger partial charge in [-0.3, -0.25) is 0 Å². The fourth-order valence-electron chi connectivity index (χ4n) is 1.40. The van der Waals surface area contributed by atoms with Crippen molar-refractivity contribution < 1.29 is 4.74 Å². The molecule has 0 aliphatic carbocycles. The number of hydrogen-bond acceptors (Lipinski definition) is 1. The van der Waals surface area contributed by atoms with Gasteiger partial charge in [-0.05, 0) is 68.6 Å². The largest absolute Gasteiger partial charge is 0.494 e. The van der Waals surface area contributed by atoms with E-state index in [2.05, 4.69) is 64.5 Å². The van der Waals surface area contributed by atoms with E-state index in [1.165, 1.54) is 5.56 Å². The van der Waals surface area contributed by atoms with Crippen LogP contribution in [0, 0.1) is 9.49 Å². The van der Waals surface area contributed by atoms with Gasteiger partial charge in [0.2, 0.25) is 0 Å². The first kappa shape index (κ1) is 12.3. The van der Waals surface area contributed by atoms with Gasteiger partial charge in [0, 0.05) is 0 Å². The van der Waals surface area contributed by atoms with Crippen molar-refractivity contribution in [2.45, 2.75) is 20.3 Å². The summed E-state index contributed by atoms with van der Waals surface area (Å²) in [6.45, 7) is 4.45. The molecule has 0 fully saturated rings. The number of rotatable bonds is 3. The van der Waals surface area contributed by atoms with E-state index in [0.29, 0.717) is 5.92 Å². The number of hydrogen-bond donors (Lipinski definition) is 0. The normalized spacial score (nSPS) is 10.7. The summed E-state index contributed by atoms with van der Waals surface area (Å²) < 4.78 is 7.49. The molecule has 78 valence electrons. The van der Waals surface area contributed by atoms with Crippen LogP contribution in [-0.4, -0.2) is 7.11 Å². The lowest BCUT2D eigenvalue weighted by Gasteiger charge is -2.10. The molecule has 0 bridgehead atoms. The quantitative estimate of drug-likeness (QED) is 0.724. The summed E-state index contributed by atoms with van der Waals surface area (Å²) in [5.74, 6) is 1.62. The summed E-state index contributed by atoms with van der Waals surface area (Å²) in [5, 5.41) is 0. The Labute approximate surface area is 107 Å². The molecule has 0 unspecified atom stereocenters. The van der Waals surface area contributed by atoms with E-state index < -0.39 is 0 Å². The summed E-state index contributed by atoms with van der Waals surface area (Å²) in [6.07, 6.45) is 1.11. The van der Waals surface area contributed by atoms with E-state index in [-0.39, 0.29) is 0 Å². The highest BCUT2D eigenvalue weighted by Gasteiger charge is 2.08. The average Bonchev–Trinajstić information content (AvgIpc) is 2.01. The zero-order chi connectivity index (χ0) is 10.7. The molecule has 1 nitrogen and oxygen atoms in total. The number of halogens is 2. The first-order valence-corrected chi connectivity index (χ1v) is 6.43. The Morgan fingerprint density at radius 1 is 1.43 bits per heavy atom. The van der Waals surface area contributed by atoms with Crippen LogP contribution in [0.4, 0.5) is 0 Å². The summed E-state index contributed by atoms with van der Waals surface area (Å²) in [4.78, 5) is 0. The van der Waals surface area contributed by atoms with Crippen LogP contribution >= 0.6 is 38.5 Å². The van der Waals surface area contributed by atoms with Gasteiger partial charge < -0.3 is 4.74 Å². The molecule has 0 N–H and O–H groups in total. The maximum Gasteiger partial charge on any atom is 0.146 e. The second kappa shape index (κ2) is 5.35. The van der Waals surface area contributed by atoms with Gasteiger partial charge in [0.25, 0.3) is 0 Å². The zero-order valence-corrected chi connectivity index (χ0v) is 12.3. The Kier molecular flexibility index (Phi) is 4.70. The van der Waals surface area contributed by atoms with Crippen molar-refractivity contribution in [3.05, 3.63) is 25.7 Å². The van der Waals surface area contributed by atoms with Gasteiger partial charge >= 0.3 is 0 Å². The van der Waals surface area contributed by atoms with E-state index >= 15 is 0 Å². The lowest BCUT2D eigenvalue weighted by Crippen LogP contribution is -1.96. The zero-order valence-electron chi connectivity index (χ0n) is 8.60. The first-order valence-electron chi connectivity index (χ1n) is 4.56. The molecule has 1 aromatic carbocycles. The predicted molar refractivity (Wildman–Crippen MR) is 72.0 cm³/mol. The molecule has 1 rings (SSSR count). The molecular formula is C11H14BrIO. The van der Waals surface area contributed by atoms with Gasteiger partial charge in [-0.2, -0.15) is 0 Å². The topological polar surface area (TPSA) is 9.23 Å². The van der Waals surface area contributed by atoms with Gasteiger partial charge in [-0.25, -0.2) is 0 Å². The Morgan fingerprint density at radius 3 is 2.50 bits per heavy atom. The predicted octanol–water partition coefficient (Wildman–Crippen LogP) is 4.26. The Hall–Kier alpha value is 0.230. The van der Waals surface area contributed by atoms with Crippen LogP contribution < -0.4 is 4.74 Å². The fraction of sp³-hybridized carbons (Fsp3) is 0.455. The van der Waals surface area contributed by atoms with Gasteiger partial charge in [0.15, 0.2) is 0 Å². The van der Waals surface area contributed by atoms with E-state index in [4.69, 9.17) is 4.74 Å². The Morgan fingerprint density at radius 2 is 2.07 bits per heavy atom. The third-order valence-electron chi connectivity index (χ3n) is 1.91. The Balaban J connectivity index is 3.01. The molecular weight excluding hydrogens is 355 g/mol. The molecule has 0 radical (unpaired) electrons. The number of methoxy groups -OCH3 is 1. The SMILES string of the molecule is COc1c(Br)cc(CC(C)C)cc1I. The van der Waals surface area contributed by atoms with Crippen molar-refractivity contribution in [2.75, 3.05) is 7.11 Å². The van der Waals surface area contributed by atoms with Gasteiger partial charge in [0.1, 0.15) is 5.75 Å². The summed E-state index contributed by atoms with van der Waals surface area (Å²) in [6, 6.07) is 4.32. The second-order valence-corrected chi connectivity index (χ2v) is 5.71. The molecule has 0 atom stereocenters. The lowest BCUT2D eigenvalue weighted by atomic mass is 10.0. The van der Waals surface area contributed by atoms with E-state index in [9.17, 15) is 0 Å². The van der Waals surface area contributed by atoms with Crippen molar-refractivity contribution in [1.82, 2.24) is 0 Å². The monoisotopic (exact) mass is 368 g/mol. The van der Waals surface area contributed by atoms with Crippen molar-refractivity contribution in [3.63, 3.8) is 0 Å². The maximum atomic E-state index is 5.28. The van der Waals surface area contributed by atoms with E-state index in [1.807, 2.05) is 0 Å². The summed E-state index contributed by atoms with van der Waals surface area (Å²) >= 11 is 5.82. The van der Waals surface area contributed by atoms with Gasteiger partial charge in [0.05, 0.1) is 15.2 Å². The third kappa shape index (κ3) is 3.12. The molecule has 1 aromatic rings. The van der Waals surface area contributed by atoms with Gasteiger partial charge in [-0.15, -0.1) is 0 Å². The first-order chi connectivity index (χ1) is 6.54. The highest BCUT2D eigenvalue weighted by atomic mass is 127. The fourth-order valence-corrected chi connectivity index (χ4v) is 3.35. The molecule has 0 amide bonds. The van der Waals surface area contributed by atoms with Crippen LogP contribution in [0.3, 0.4) is 0 Å². The van der Waals surface area contributed by atoms with Crippen molar-refractivity contribution >= 4 is 38.5 Å². The van der Waals surface area contributed by atoms with Crippen LogP contribution in [0.5, 0.6) is 5.75 Å². The molecule has 0 spiro atoms. The minimum atomic E-state index is 0.686. The average molecular weight is 369 g/mol. The molecule has 14 heavy (non-hydrogen) atoms. The smallest absolute Gasteiger partial charge is 0.146 e. The molecule has 0 heterocycles. The Bertz CT molecular complexity index is 300. The molecule has 0 aliphatic heterocycles. The number of ether oxygens (including phenoxy) is 1. The highest BCUT2D eigenvalue weighted by Crippen LogP contribution is 2.32. The molecule has 3 heteroatoms. The third-order valence-corrected chi connectivity index (χ3v) is 3.30. The van der Waals surface area contributed by atoms with Crippen LogP contribution in [-0.2, 0) is 6.42 Å². The number of benzene rings is 1. The van der Waals surface area contributed by atoms with Gasteiger partial charge in [-0.1, -0.05) is 13.8 Å². The summed E-state index contributed by atoms with van der Waals surface area (Å²) in [5.41, 5.74) is 1.36. The molecule has 0 aromatic heterocycles. The molecule has 0 saturated heterocycles. The second-order valence-electron chi connectivity index (χ2n) is 3.69. The van der Waals surface area contributed by atoms with Crippen LogP contribution in [0.25, 0.3) is 0 Å². The van der Waals surface area contributed by atoms with Crippen LogP contribution in [0.2, 0.25) is 0 Å². The minimum absolute atomic E-state index is 0.686. The standard InChI is InChI=1S/C11H14BrIO/c1-7(2)4-8-5-9(12)11(14-3)10(13)6-8/h5-7H,4H2,1-3H3. The van der Waals surface area contributed by atoms with Crippen molar-refractivity contribution in [2.24, 2.45) is 5.92 Å². The van der Waals surface area contributed by atoms with Crippen molar-refractivity contribution in [3.8, 4) is 5.75 Å². The van der Waals surface area contributed by atoms with Crippen molar-refractivity contribution in [1.29, 1.82) is 0 Å². The lowest BCUT2D eigenvalue weighted by molar-refractivity contribution is 0.409. The minimum Gasteiger partial charge on any atom is -0.494 e. The molecule has 0 aliphatic rings. The maximum absolute atomic E-state index is 5.28. The highest BCUT2D eigenvalue weighted by molar-refractivity contribution is 14.1. The van der Waals surface area contributed by atoms with Crippen LogP contribution in [0.1, 0.15) is 19.4 Å². The van der Waals surface area contributed by atoms with Crippen LogP contribution in [0.15, 0.2) is 16.6 Å².